The van der Waals surface area contributed by atoms with E-state index in [1.54, 1.807) is 6.07 Å². The molecule has 188 valence electrons. The van der Waals surface area contributed by atoms with Crippen molar-refractivity contribution in [3.63, 3.8) is 0 Å². The van der Waals surface area contributed by atoms with Gasteiger partial charge in [0, 0.05) is 41.6 Å². The predicted molar refractivity (Wildman–Crippen MR) is 132 cm³/mol. The van der Waals surface area contributed by atoms with Gasteiger partial charge in [-0.05, 0) is 88.4 Å². The minimum absolute atomic E-state index is 0.293. The zero-order chi connectivity index (χ0) is 23.9. The second-order valence-corrected chi connectivity index (χ2v) is 11.0. The Kier molecular flexibility index (Phi) is 6.21. The fourth-order valence-electron chi connectivity index (χ4n) is 6.94. The lowest BCUT2D eigenvalue weighted by Gasteiger charge is -2.38. The van der Waals surface area contributed by atoms with E-state index in [1.807, 2.05) is 4.57 Å². The van der Waals surface area contributed by atoms with E-state index in [0.29, 0.717) is 41.6 Å². The quantitative estimate of drug-likeness (QED) is 0.486. The van der Waals surface area contributed by atoms with Gasteiger partial charge in [0.25, 0.3) is 0 Å². The van der Waals surface area contributed by atoms with E-state index in [9.17, 15) is 14.6 Å². The molecule has 1 aliphatic heterocycles. The van der Waals surface area contributed by atoms with Crippen LogP contribution in [0.2, 0.25) is 0 Å². The van der Waals surface area contributed by atoms with Gasteiger partial charge in [-0.15, -0.1) is 0 Å². The average molecular weight is 482 g/mol. The van der Waals surface area contributed by atoms with Crippen molar-refractivity contribution in [3.8, 4) is 11.8 Å². The summed E-state index contributed by atoms with van der Waals surface area (Å²) in [4.78, 5) is 2.59. The molecule has 2 N–H and O–H groups in total. The molecule has 1 saturated heterocycles. The van der Waals surface area contributed by atoms with Gasteiger partial charge in [0.2, 0.25) is 0 Å². The molecule has 2 fully saturated rings. The normalized spacial score (nSPS) is 24.1. The van der Waals surface area contributed by atoms with Crippen molar-refractivity contribution in [2.24, 2.45) is 11.8 Å². The van der Waals surface area contributed by atoms with Crippen LogP contribution in [0.5, 0.6) is 11.8 Å². The van der Waals surface area contributed by atoms with Gasteiger partial charge < -0.3 is 19.6 Å². The first-order valence-corrected chi connectivity index (χ1v) is 13.5. The van der Waals surface area contributed by atoms with Gasteiger partial charge in [-0.3, -0.25) is 4.57 Å². The molecule has 1 saturated carbocycles. The van der Waals surface area contributed by atoms with E-state index in [1.165, 1.54) is 31.4 Å². The molecule has 2 unspecified atom stereocenters. The second-order valence-electron chi connectivity index (χ2n) is 11.0. The molecular weight excluding hydrogens is 445 g/mol. The lowest BCUT2D eigenvalue weighted by Crippen LogP contribution is -2.40. The van der Waals surface area contributed by atoms with E-state index in [4.69, 9.17) is 4.52 Å². The molecule has 0 spiro atoms. The smallest absolute Gasteiger partial charge is 0.197 e. The minimum atomic E-state index is -0.293. The van der Waals surface area contributed by atoms with E-state index in [0.717, 1.165) is 86.8 Å². The molecule has 3 heterocycles. The van der Waals surface area contributed by atoms with Gasteiger partial charge in [0.15, 0.2) is 17.3 Å². The molecule has 0 bridgehead atoms. The highest BCUT2D eigenvalue weighted by molar-refractivity contribution is 5.79. The van der Waals surface area contributed by atoms with Gasteiger partial charge in [0.05, 0.1) is 5.69 Å². The van der Waals surface area contributed by atoms with E-state index in [-0.39, 0.29) is 5.82 Å². The van der Waals surface area contributed by atoms with Crippen LogP contribution in [0.4, 0.5) is 4.39 Å². The maximum atomic E-state index is 13.5. The zero-order valence-corrected chi connectivity index (χ0v) is 20.4. The van der Waals surface area contributed by atoms with Crippen LogP contribution >= 0.6 is 0 Å². The number of piperidine rings is 1. The number of hydrogen-bond donors (Lipinski definition) is 2. The molecule has 6 rings (SSSR count). The van der Waals surface area contributed by atoms with Crippen molar-refractivity contribution in [1.29, 1.82) is 0 Å². The first-order valence-electron chi connectivity index (χ1n) is 13.5. The highest BCUT2D eigenvalue weighted by Crippen LogP contribution is 2.42. The molecule has 35 heavy (non-hydrogen) atoms. The Morgan fingerprint density at radius 2 is 1.54 bits per heavy atom. The Morgan fingerprint density at radius 1 is 0.886 bits per heavy atom. The topological polar surface area (TPSA) is 74.7 Å². The monoisotopic (exact) mass is 481 g/mol. The van der Waals surface area contributed by atoms with Crippen LogP contribution in [0, 0.1) is 17.7 Å². The van der Waals surface area contributed by atoms with Crippen LogP contribution in [0.15, 0.2) is 22.7 Å². The van der Waals surface area contributed by atoms with Gasteiger partial charge in [-0.25, -0.2) is 4.39 Å². The van der Waals surface area contributed by atoms with Gasteiger partial charge in [-0.1, -0.05) is 18.0 Å². The molecule has 3 aromatic rings. The van der Waals surface area contributed by atoms with E-state index >= 15 is 0 Å². The maximum Gasteiger partial charge on any atom is 0.197 e. The number of fused-ring (bicyclic) bond motifs is 2. The molecule has 0 radical (unpaired) electrons. The van der Waals surface area contributed by atoms with Crippen LogP contribution in [0.1, 0.15) is 74.1 Å². The van der Waals surface area contributed by atoms with Crippen LogP contribution in [-0.4, -0.2) is 44.5 Å². The summed E-state index contributed by atoms with van der Waals surface area (Å²) in [6, 6.07) is 4.69. The van der Waals surface area contributed by atoms with Gasteiger partial charge in [-0.2, -0.15) is 0 Å². The molecular formula is C28H36FN3O3. The van der Waals surface area contributed by atoms with Crippen molar-refractivity contribution in [1.82, 2.24) is 14.6 Å². The molecule has 3 aliphatic rings. The molecule has 2 atom stereocenters. The second kappa shape index (κ2) is 9.49. The number of hydrogen-bond acceptors (Lipinski definition) is 5. The zero-order valence-electron chi connectivity index (χ0n) is 20.4. The average Bonchev–Trinajstić information content (AvgIpc) is 3.40. The van der Waals surface area contributed by atoms with Gasteiger partial charge >= 0.3 is 0 Å². The van der Waals surface area contributed by atoms with Crippen molar-refractivity contribution in [2.75, 3.05) is 19.6 Å². The summed E-state index contributed by atoms with van der Waals surface area (Å²) in [5.74, 6) is 1.72. The number of rotatable bonds is 5. The molecule has 6 nitrogen and oxygen atoms in total. The summed E-state index contributed by atoms with van der Waals surface area (Å²) in [5.41, 5.74) is 3.46. The fraction of sp³-hybridized carbons (Fsp3) is 0.607. The summed E-state index contributed by atoms with van der Waals surface area (Å²) < 4.78 is 20.7. The van der Waals surface area contributed by atoms with Crippen molar-refractivity contribution in [2.45, 2.75) is 76.7 Å². The Bertz CT molecular complexity index is 1160. The number of nitrogens with zero attached hydrogens (tertiary/aromatic N) is 3. The first-order chi connectivity index (χ1) is 17.1. The van der Waals surface area contributed by atoms with Crippen molar-refractivity contribution in [3.05, 3.63) is 40.8 Å². The molecule has 1 aromatic carbocycles. The Hall–Kier alpha value is -2.54. The van der Waals surface area contributed by atoms with Crippen molar-refractivity contribution >= 4 is 11.0 Å². The highest BCUT2D eigenvalue weighted by atomic mass is 19.1. The number of likely N-dealkylation sites (tertiary alicyclic amines) is 1. The molecule has 2 aromatic heterocycles. The van der Waals surface area contributed by atoms with Crippen LogP contribution in [0.25, 0.3) is 11.0 Å². The standard InChI is InChI=1S/C28H36FN3O3/c29-21-9-10-24-25(15-21)35-30-26(24)18-11-13-31(14-12-18)16-19-5-1-2-6-20(19)17-32-27(33)22-7-3-4-8-23(22)28(32)34/h9-10,15,18-20,33-34H,1-8,11-14,16-17H2. The summed E-state index contributed by atoms with van der Waals surface area (Å²) in [6.45, 7) is 3.84. The fourth-order valence-corrected chi connectivity index (χ4v) is 6.94. The third-order valence-corrected chi connectivity index (χ3v) is 8.93. The Morgan fingerprint density at radius 3 is 2.23 bits per heavy atom. The lowest BCUT2D eigenvalue weighted by molar-refractivity contribution is 0.116. The number of halogens is 1. The Labute approximate surface area is 205 Å². The SMILES string of the molecule is Oc1c2c(c(O)n1CC1CCCCC1CN1CCC(c3noc4cc(F)ccc34)CC1)CCCC2. The van der Waals surface area contributed by atoms with Crippen LogP contribution in [0.3, 0.4) is 0 Å². The number of aromatic hydroxyl groups is 2. The first kappa shape index (κ1) is 22.9. The van der Waals surface area contributed by atoms with E-state index in [2.05, 4.69) is 10.1 Å². The summed E-state index contributed by atoms with van der Waals surface area (Å²) in [5, 5.41) is 27.0. The van der Waals surface area contributed by atoms with Crippen molar-refractivity contribution < 1.29 is 19.1 Å². The largest absolute Gasteiger partial charge is 0.494 e. The van der Waals surface area contributed by atoms with Gasteiger partial charge in [0.1, 0.15) is 5.82 Å². The predicted octanol–water partition coefficient (Wildman–Crippen LogP) is 5.74. The van der Waals surface area contributed by atoms with Crippen LogP contribution in [-0.2, 0) is 19.4 Å². The summed E-state index contributed by atoms with van der Waals surface area (Å²) in [6.07, 6.45) is 10.9. The van der Waals surface area contributed by atoms with Crippen LogP contribution < -0.4 is 0 Å². The number of benzene rings is 1. The summed E-state index contributed by atoms with van der Waals surface area (Å²) in [7, 11) is 0. The maximum absolute atomic E-state index is 13.5. The molecule has 2 aliphatic carbocycles. The third-order valence-electron chi connectivity index (χ3n) is 8.93. The third kappa shape index (κ3) is 4.32. The number of aromatic nitrogens is 2. The highest BCUT2D eigenvalue weighted by Gasteiger charge is 2.33. The van der Waals surface area contributed by atoms with E-state index < -0.39 is 0 Å². The molecule has 7 heteroatoms. The summed E-state index contributed by atoms with van der Waals surface area (Å²) >= 11 is 0. The lowest BCUT2D eigenvalue weighted by atomic mass is 9.78. The Balaban J connectivity index is 1.10. The minimum Gasteiger partial charge on any atom is -0.494 e. The molecule has 0 amide bonds.